The highest BCUT2D eigenvalue weighted by Gasteiger charge is 2.06. The molecule has 0 bridgehead atoms. The number of hydrogen-bond donors (Lipinski definition) is 3. The largest absolute Gasteiger partial charge is 0.499 e. The van der Waals surface area contributed by atoms with Gasteiger partial charge < -0.3 is 24.8 Å². The zero-order valence-electron chi connectivity index (χ0n) is 18.9. The Bertz CT molecular complexity index is 335. The second-order valence-electron chi connectivity index (χ2n) is 8.12. The van der Waals surface area contributed by atoms with Crippen LogP contribution in [-0.4, -0.2) is 54.0 Å². The van der Waals surface area contributed by atoms with Crippen molar-refractivity contribution in [2.45, 2.75) is 115 Å². The summed E-state index contributed by atoms with van der Waals surface area (Å²) in [5.41, 5.74) is 0. The number of hydrogen-bond acceptors (Lipinski definition) is 5. The van der Waals surface area contributed by atoms with E-state index in [-0.39, 0.29) is 26.4 Å². The average molecular weight is 417 g/mol. The summed E-state index contributed by atoms with van der Waals surface area (Å²) < 4.78 is 10.3. The average Bonchev–Trinajstić information content (AvgIpc) is 2.72. The molecule has 0 aliphatic carbocycles. The molecule has 3 N–H and O–H groups in total. The molecule has 0 aromatic heterocycles. The summed E-state index contributed by atoms with van der Waals surface area (Å²) in [4.78, 5) is 0. The van der Waals surface area contributed by atoms with Crippen LogP contribution in [0.5, 0.6) is 0 Å². The first-order valence-electron chi connectivity index (χ1n) is 12.0. The Balaban J connectivity index is 3.20. The molecule has 0 fully saturated rings. The molecule has 0 aliphatic rings. The number of allylic oxidation sites excluding steroid dienone is 1. The minimum Gasteiger partial charge on any atom is -0.499 e. The van der Waals surface area contributed by atoms with Crippen LogP contribution < -0.4 is 0 Å². The van der Waals surface area contributed by atoms with Gasteiger partial charge in [-0.2, -0.15) is 0 Å². The van der Waals surface area contributed by atoms with Crippen LogP contribution in [0, 0.1) is 0 Å². The van der Waals surface area contributed by atoms with Crippen LogP contribution in [0.4, 0.5) is 0 Å². The van der Waals surface area contributed by atoms with Crippen LogP contribution in [0.2, 0.25) is 0 Å². The molecule has 0 saturated carbocycles. The zero-order valence-corrected chi connectivity index (χ0v) is 18.9. The van der Waals surface area contributed by atoms with E-state index in [1.165, 1.54) is 89.9 Å². The fraction of sp³-hybridized carbons (Fsp3) is 0.917. The fourth-order valence-corrected chi connectivity index (χ4v) is 3.20. The van der Waals surface area contributed by atoms with E-state index in [2.05, 4.69) is 6.92 Å². The predicted octanol–water partition coefficient (Wildman–Crippen LogP) is 5.12. The molecule has 29 heavy (non-hydrogen) atoms. The van der Waals surface area contributed by atoms with Crippen molar-refractivity contribution < 1.29 is 24.8 Å². The van der Waals surface area contributed by atoms with E-state index in [1.807, 2.05) is 6.08 Å². The third-order valence-electron chi connectivity index (χ3n) is 5.04. The van der Waals surface area contributed by atoms with Gasteiger partial charge in [-0.3, -0.25) is 0 Å². The van der Waals surface area contributed by atoms with Crippen molar-refractivity contribution >= 4 is 0 Å². The first-order valence-corrected chi connectivity index (χ1v) is 12.0. The van der Waals surface area contributed by atoms with Gasteiger partial charge in [-0.25, -0.2) is 0 Å². The summed E-state index contributed by atoms with van der Waals surface area (Å²) in [7, 11) is 0. The molecule has 2 atom stereocenters. The number of ether oxygens (including phenoxy) is 2. The van der Waals surface area contributed by atoms with E-state index in [0.29, 0.717) is 0 Å². The lowest BCUT2D eigenvalue weighted by atomic mass is 10.0. The Morgan fingerprint density at radius 3 is 1.66 bits per heavy atom. The molecule has 174 valence electrons. The molecule has 0 amide bonds. The van der Waals surface area contributed by atoms with Crippen molar-refractivity contribution in [3.05, 3.63) is 12.3 Å². The molecule has 2 unspecified atom stereocenters. The standard InChI is InChI=1S/C24H48O5/c1-2-3-4-5-6-7-8-9-10-11-12-13-14-15-16-17-18-28-21-24(27)22-29-20-23(26)19-25/h17-18,23-27H,2-16,19-22H2,1H3. The molecule has 0 heterocycles. The molecule has 0 aromatic carbocycles. The van der Waals surface area contributed by atoms with E-state index < -0.39 is 12.2 Å². The van der Waals surface area contributed by atoms with Crippen LogP contribution in [0.1, 0.15) is 103 Å². The van der Waals surface area contributed by atoms with Crippen molar-refractivity contribution in [1.82, 2.24) is 0 Å². The van der Waals surface area contributed by atoms with E-state index in [9.17, 15) is 5.11 Å². The van der Waals surface area contributed by atoms with Gasteiger partial charge in [0.05, 0.1) is 26.1 Å². The molecule has 0 spiro atoms. The minimum atomic E-state index is -0.895. The second kappa shape index (κ2) is 23.7. The highest BCUT2D eigenvalue weighted by Crippen LogP contribution is 2.13. The summed E-state index contributed by atoms with van der Waals surface area (Å²) in [5.74, 6) is 0. The lowest BCUT2D eigenvalue weighted by Gasteiger charge is -2.12. The number of aliphatic hydroxyl groups excluding tert-OH is 3. The number of aliphatic hydroxyl groups is 3. The van der Waals surface area contributed by atoms with Gasteiger partial charge in [0.1, 0.15) is 18.8 Å². The lowest BCUT2D eigenvalue weighted by molar-refractivity contribution is -0.0379. The minimum absolute atomic E-state index is 0.0164. The van der Waals surface area contributed by atoms with Crippen LogP contribution in [0.15, 0.2) is 12.3 Å². The Morgan fingerprint density at radius 2 is 1.14 bits per heavy atom. The normalized spacial score (nSPS) is 13.8. The third-order valence-corrected chi connectivity index (χ3v) is 5.04. The molecular formula is C24H48O5. The van der Waals surface area contributed by atoms with E-state index in [4.69, 9.17) is 19.7 Å². The van der Waals surface area contributed by atoms with Gasteiger partial charge in [0, 0.05) is 0 Å². The summed E-state index contributed by atoms with van der Waals surface area (Å²) >= 11 is 0. The van der Waals surface area contributed by atoms with Gasteiger partial charge in [-0.05, 0) is 18.9 Å². The van der Waals surface area contributed by atoms with Crippen LogP contribution >= 0.6 is 0 Å². The topological polar surface area (TPSA) is 79.2 Å². The highest BCUT2D eigenvalue weighted by molar-refractivity contribution is 4.73. The van der Waals surface area contributed by atoms with Gasteiger partial charge >= 0.3 is 0 Å². The predicted molar refractivity (Wildman–Crippen MR) is 120 cm³/mol. The van der Waals surface area contributed by atoms with Crippen LogP contribution in [0.25, 0.3) is 0 Å². The SMILES string of the molecule is CCCCCCCCCCCCCCCCC=COCC(O)COCC(O)CO. The Hall–Kier alpha value is -0.620. The monoisotopic (exact) mass is 416 g/mol. The lowest BCUT2D eigenvalue weighted by Crippen LogP contribution is -2.25. The Morgan fingerprint density at radius 1 is 0.655 bits per heavy atom. The van der Waals surface area contributed by atoms with E-state index in [0.717, 1.165) is 6.42 Å². The first kappa shape index (κ1) is 28.4. The summed E-state index contributed by atoms with van der Waals surface area (Å²) in [6, 6.07) is 0. The maximum absolute atomic E-state index is 9.64. The number of rotatable bonds is 23. The van der Waals surface area contributed by atoms with Crippen molar-refractivity contribution in [1.29, 1.82) is 0 Å². The van der Waals surface area contributed by atoms with Crippen molar-refractivity contribution in [2.75, 3.05) is 26.4 Å². The summed E-state index contributed by atoms with van der Waals surface area (Å²) in [6.07, 6.45) is 22.2. The van der Waals surface area contributed by atoms with Crippen molar-refractivity contribution in [2.24, 2.45) is 0 Å². The number of unbranched alkanes of at least 4 members (excludes halogenated alkanes) is 14. The molecule has 0 aliphatic heterocycles. The molecule has 0 rings (SSSR count). The summed E-state index contributed by atoms with van der Waals surface area (Å²) in [5, 5.41) is 27.4. The summed E-state index contributed by atoms with van der Waals surface area (Å²) in [6.45, 7) is 2.21. The Kier molecular flexibility index (Phi) is 23.2. The van der Waals surface area contributed by atoms with Gasteiger partial charge in [-0.1, -0.05) is 90.4 Å². The van der Waals surface area contributed by atoms with Crippen molar-refractivity contribution in [3.63, 3.8) is 0 Å². The van der Waals surface area contributed by atoms with E-state index in [1.54, 1.807) is 6.26 Å². The maximum atomic E-state index is 9.64. The quantitative estimate of drug-likeness (QED) is 0.159. The molecular weight excluding hydrogens is 368 g/mol. The molecule has 0 aromatic rings. The second-order valence-corrected chi connectivity index (χ2v) is 8.12. The van der Waals surface area contributed by atoms with E-state index >= 15 is 0 Å². The maximum Gasteiger partial charge on any atom is 0.115 e. The Labute approximate surface area is 179 Å². The molecule has 0 saturated heterocycles. The molecule has 0 radical (unpaired) electrons. The molecule has 5 nitrogen and oxygen atoms in total. The van der Waals surface area contributed by atoms with Gasteiger partial charge in [0.25, 0.3) is 0 Å². The fourth-order valence-electron chi connectivity index (χ4n) is 3.20. The van der Waals surface area contributed by atoms with Gasteiger partial charge in [-0.15, -0.1) is 0 Å². The van der Waals surface area contributed by atoms with Crippen molar-refractivity contribution in [3.8, 4) is 0 Å². The smallest absolute Gasteiger partial charge is 0.115 e. The van der Waals surface area contributed by atoms with Crippen LogP contribution in [-0.2, 0) is 9.47 Å². The van der Waals surface area contributed by atoms with Gasteiger partial charge in [0.15, 0.2) is 0 Å². The zero-order chi connectivity index (χ0) is 21.4. The first-order chi connectivity index (χ1) is 14.2. The van der Waals surface area contributed by atoms with Crippen LogP contribution in [0.3, 0.4) is 0 Å². The van der Waals surface area contributed by atoms with Gasteiger partial charge in [0.2, 0.25) is 0 Å². The molecule has 5 heteroatoms. The third kappa shape index (κ3) is 23.5. The highest BCUT2D eigenvalue weighted by atomic mass is 16.5.